The first-order valence-corrected chi connectivity index (χ1v) is 48.8. The first kappa shape index (κ1) is 106. The van der Waals surface area contributed by atoms with E-state index in [2.05, 4.69) is 55.4 Å². The van der Waals surface area contributed by atoms with Gasteiger partial charge in [0.1, 0.15) is 19.3 Å². The fourth-order valence-corrected chi connectivity index (χ4v) is 15.3. The molecule has 0 aliphatic rings. The lowest BCUT2D eigenvalue weighted by Gasteiger charge is -2.21. The van der Waals surface area contributed by atoms with Crippen molar-refractivity contribution in [2.75, 3.05) is 39.6 Å². The van der Waals surface area contributed by atoms with Gasteiger partial charge in [0.2, 0.25) is 0 Å². The standard InChI is InChI=1S/C89H174O17P2/c1-9-79(5)65-57-49-41-35-29-23-17-15-13-14-16-18-27-33-39-45-55-63-72-89(94)106-85(76-100-87(92)70-62-54-48-47-52-60-68-82(8)12-4)78-104-108(97,98)102-74-83(90)73-101-107(95,96)103-77-84(105-88(93)71-64-56-46-40-34-28-22-20-25-31-37-43-51-59-67-81(7)11-3)75-99-86(91)69-61-53-44-38-32-26-21-19-24-30-36-42-50-58-66-80(6)10-2/h79-85,90H,9-78H2,1-8H3,(H,95,96)(H,97,98)/t79?,80?,81?,82?,83-,84-,85-/m1/s1. The van der Waals surface area contributed by atoms with Crippen LogP contribution in [0.2, 0.25) is 0 Å². The number of aliphatic hydroxyl groups is 1. The molecule has 9 atom stereocenters. The molecule has 0 radical (unpaired) electrons. The molecule has 642 valence electrons. The van der Waals surface area contributed by atoms with Gasteiger partial charge in [0.25, 0.3) is 0 Å². The maximum atomic E-state index is 13.2. The number of unbranched alkanes of at least 4 members (excludes halogenated alkanes) is 48. The number of esters is 4. The summed E-state index contributed by atoms with van der Waals surface area (Å²) in [5, 5.41) is 10.7. The molecule has 6 unspecified atom stereocenters. The van der Waals surface area contributed by atoms with Crippen LogP contribution in [-0.4, -0.2) is 96.7 Å². The maximum absolute atomic E-state index is 13.2. The number of carbonyl (C=O) groups excluding carboxylic acids is 4. The van der Waals surface area contributed by atoms with Gasteiger partial charge in [-0.3, -0.25) is 37.3 Å². The SMILES string of the molecule is CCC(C)CCCCCCCCCCCCCCCCCCCCC(=O)O[C@H](COC(=O)CCCCCCCCC(C)CC)COP(=O)(O)OC[C@H](O)COP(=O)(O)OC[C@@H](COC(=O)CCCCCCCCCCCCCCCCC(C)CC)OC(=O)CCCCCCCCCCCCCCCCC(C)CC. The van der Waals surface area contributed by atoms with Crippen molar-refractivity contribution in [3.05, 3.63) is 0 Å². The van der Waals surface area contributed by atoms with Gasteiger partial charge in [-0.2, -0.15) is 0 Å². The Morgan fingerprint density at radius 3 is 0.611 bits per heavy atom. The van der Waals surface area contributed by atoms with Crippen LogP contribution >= 0.6 is 15.6 Å². The van der Waals surface area contributed by atoms with E-state index in [4.69, 9.17) is 37.0 Å². The minimum absolute atomic E-state index is 0.107. The van der Waals surface area contributed by atoms with Gasteiger partial charge < -0.3 is 33.8 Å². The molecule has 0 saturated carbocycles. The number of carbonyl (C=O) groups is 4. The number of phosphoric acid groups is 2. The molecular formula is C89H174O17P2. The summed E-state index contributed by atoms with van der Waals surface area (Å²) >= 11 is 0. The van der Waals surface area contributed by atoms with Gasteiger partial charge in [0.05, 0.1) is 26.4 Å². The highest BCUT2D eigenvalue weighted by Gasteiger charge is 2.31. The Morgan fingerprint density at radius 2 is 0.417 bits per heavy atom. The number of ether oxygens (including phenoxy) is 4. The maximum Gasteiger partial charge on any atom is 0.472 e. The van der Waals surface area contributed by atoms with E-state index in [1.54, 1.807) is 0 Å². The van der Waals surface area contributed by atoms with E-state index in [-0.39, 0.29) is 25.7 Å². The van der Waals surface area contributed by atoms with Crippen LogP contribution in [0.15, 0.2) is 0 Å². The van der Waals surface area contributed by atoms with E-state index in [0.29, 0.717) is 25.7 Å². The number of hydrogen-bond acceptors (Lipinski definition) is 15. The smallest absolute Gasteiger partial charge is 0.462 e. The Labute approximate surface area is 664 Å². The summed E-state index contributed by atoms with van der Waals surface area (Å²) in [6, 6.07) is 0. The van der Waals surface area contributed by atoms with Crippen molar-refractivity contribution >= 4 is 39.5 Å². The molecule has 0 bridgehead atoms. The van der Waals surface area contributed by atoms with Crippen LogP contribution in [0.25, 0.3) is 0 Å². The normalized spacial score (nSPS) is 14.9. The van der Waals surface area contributed by atoms with E-state index >= 15 is 0 Å². The van der Waals surface area contributed by atoms with Crippen molar-refractivity contribution in [3.8, 4) is 0 Å². The molecule has 17 nitrogen and oxygen atoms in total. The predicted octanol–water partition coefficient (Wildman–Crippen LogP) is 27.1. The minimum atomic E-state index is -4.97. The van der Waals surface area contributed by atoms with Crippen LogP contribution in [0.4, 0.5) is 0 Å². The topological polar surface area (TPSA) is 237 Å². The third-order valence-corrected chi connectivity index (χ3v) is 24.2. The van der Waals surface area contributed by atoms with E-state index < -0.39 is 97.5 Å². The molecule has 0 aromatic rings. The number of hydrogen-bond donors (Lipinski definition) is 3. The molecule has 0 fully saturated rings. The fraction of sp³-hybridized carbons (Fsp3) is 0.955. The zero-order valence-corrected chi connectivity index (χ0v) is 73.3. The highest BCUT2D eigenvalue weighted by Crippen LogP contribution is 2.45. The van der Waals surface area contributed by atoms with Crippen LogP contribution in [0.3, 0.4) is 0 Å². The molecule has 0 aromatic heterocycles. The third-order valence-electron chi connectivity index (χ3n) is 22.3. The largest absolute Gasteiger partial charge is 0.472 e. The van der Waals surface area contributed by atoms with Crippen LogP contribution in [0, 0.1) is 23.7 Å². The third kappa shape index (κ3) is 76.7. The summed E-state index contributed by atoms with van der Waals surface area (Å²) in [5.74, 6) is 1.19. The summed E-state index contributed by atoms with van der Waals surface area (Å²) in [6.45, 7) is 14.4. The van der Waals surface area contributed by atoms with Crippen LogP contribution in [0.1, 0.15) is 466 Å². The van der Waals surface area contributed by atoms with Crippen molar-refractivity contribution in [1.82, 2.24) is 0 Å². The minimum Gasteiger partial charge on any atom is -0.462 e. The summed E-state index contributed by atoms with van der Waals surface area (Å²) in [6.07, 6.45) is 67.9. The van der Waals surface area contributed by atoms with Crippen molar-refractivity contribution in [1.29, 1.82) is 0 Å². The number of aliphatic hydroxyl groups excluding tert-OH is 1. The van der Waals surface area contributed by atoms with Crippen molar-refractivity contribution in [3.63, 3.8) is 0 Å². The molecular weight excluding hydrogens is 1400 g/mol. The first-order chi connectivity index (χ1) is 52.2. The Balaban J connectivity index is 5.22. The van der Waals surface area contributed by atoms with E-state index in [1.165, 1.54) is 263 Å². The van der Waals surface area contributed by atoms with Crippen molar-refractivity contribution < 1.29 is 80.2 Å². The van der Waals surface area contributed by atoms with E-state index in [9.17, 15) is 43.2 Å². The highest BCUT2D eigenvalue weighted by atomic mass is 31.2. The van der Waals surface area contributed by atoms with Gasteiger partial charge in [-0.1, -0.05) is 415 Å². The number of rotatable bonds is 86. The van der Waals surface area contributed by atoms with Crippen LogP contribution in [0.5, 0.6) is 0 Å². The van der Waals surface area contributed by atoms with E-state index in [0.717, 1.165) is 120 Å². The zero-order chi connectivity index (χ0) is 79.5. The second-order valence-corrected chi connectivity index (χ2v) is 35.9. The van der Waals surface area contributed by atoms with Gasteiger partial charge in [-0.15, -0.1) is 0 Å². The molecule has 0 aromatic carbocycles. The van der Waals surface area contributed by atoms with E-state index in [1.807, 2.05) is 0 Å². The van der Waals surface area contributed by atoms with Crippen LogP contribution < -0.4 is 0 Å². The average molecular weight is 1580 g/mol. The first-order valence-electron chi connectivity index (χ1n) is 45.9. The Kier molecular flexibility index (Phi) is 76.2. The Bertz CT molecular complexity index is 2100. The molecule has 19 heteroatoms. The van der Waals surface area contributed by atoms with Crippen LogP contribution in [-0.2, 0) is 65.4 Å². The Hall–Kier alpha value is -1.94. The molecule has 108 heavy (non-hydrogen) atoms. The van der Waals surface area contributed by atoms with Gasteiger partial charge in [-0.05, 0) is 49.4 Å². The quantitative estimate of drug-likeness (QED) is 0.0222. The summed E-state index contributed by atoms with van der Waals surface area (Å²) in [7, 11) is -9.93. The van der Waals surface area contributed by atoms with Gasteiger partial charge in [0, 0.05) is 25.7 Å². The van der Waals surface area contributed by atoms with Gasteiger partial charge in [-0.25, -0.2) is 9.13 Å². The van der Waals surface area contributed by atoms with Gasteiger partial charge >= 0.3 is 39.5 Å². The molecule has 0 spiro atoms. The molecule has 0 saturated heterocycles. The molecule has 0 rings (SSSR count). The summed E-state index contributed by atoms with van der Waals surface area (Å²) in [5.41, 5.74) is 0. The Morgan fingerprint density at radius 1 is 0.250 bits per heavy atom. The lowest BCUT2D eigenvalue weighted by Crippen LogP contribution is -2.30. The summed E-state index contributed by atoms with van der Waals surface area (Å²) < 4.78 is 69.0. The molecule has 0 aliphatic carbocycles. The predicted molar refractivity (Wildman–Crippen MR) is 446 cm³/mol. The number of phosphoric ester groups is 2. The fourth-order valence-electron chi connectivity index (χ4n) is 13.7. The van der Waals surface area contributed by atoms with Crippen molar-refractivity contribution in [2.45, 2.75) is 485 Å². The molecule has 0 heterocycles. The average Bonchev–Trinajstić information content (AvgIpc) is 0.899. The lowest BCUT2D eigenvalue weighted by atomic mass is 9.99. The zero-order valence-electron chi connectivity index (χ0n) is 71.5. The molecule has 3 N–H and O–H groups in total. The highest BCUT2D eigenvalue weighted by molar-refractivity contribution is 7.47. The lowest BCUT2D eigenvalue weighted by molar-refractivity contribution is -0.161. The van der Waals surface area contributed by atoms with Gasteiger partial charge in [0.15, 0.2) is 12.2 Å². The summed E-state index contributed by atoms with van der Waals surface area (Å²) in [4.78, 5) is 73.3. The molecule has 0 amide bonds. The molecule has 0 aliphatic heterocycles. The van der Waals surface area contributed by atoms with Crippen molar-refractivity contribution in [2.24, 2.45) is 23.7 Å². The second kappa shape index (κ2) is 77.6. The monoisotopic (exact) mass is 1580 g/mol. The second-order valence-electron chi connectivity index (χ2n) is 33.0.